The highest BCUT2D eigenvalue weighted by atomic mass is 16.1. The van der Waals surface area contributed by atoms with E-state index in [4.69, 9.17) is 5.73 Å². The second kappa shape index (κ2) is 6.05. The van der Waals surface area contributed by atoms with Crippen LogP contribution in [-0.4, -0.2) is 15.9 Å². The maximum absolute atomic E-state index is 12.2. The van der Waals surface area contributed by atoms with Gasteiger partial charge in [-0.15, -0.1) is 0 Å². The van der Waals surface area contributed by atoms with E-state index in [1.54, 1.807) is 36.8 Å². The van der Waals surface area contributed by atoms with Crippen molar-refractivity contribution < 1.29 is 4.79 Å². The van der Waals surface area contributed by atoms with Crippen LogP contribution in [0.1, 0.15) is 10.4 Å². The number of aromatic nitrogens is 2. The molecule has 0 unspecified atom stereocenters. The summed E-state index contributed by atoms with van der Waals surface area (Å²) in [6.45, 7) is 0. The maximum Gasteiger partial charge on any atom is 0.257 e. The van der Waals surface area contributed by atoms with E-state index < -0.39 is 0 Å². The Labute approximate surface area is 127 Å². The molecule has 0 bridgehead atoms. The zero-order valence-electron chi connectivity index (χ0n) is 11.7. The summed E-state index contributed by atoms with van der Waals surface area (Å²) in [5.74, 6) is -0.244. The predicted molar refractivity (Wildman–Crippen MR) is 86.3 cm³/mol. The molecule has 0 atom stereocenters. The lowest BCUT2D eigenvalue weighted by Crippen LogP contribution is -2.13. The molecule has 0 aliphatic heterocycles. The van der Waals surface area contributed by atoms with E-state index in [9.17, 15) is 4.79 Å². The second-order valence-corrected chi connectivity index (χ2v) is 4.73. The molecular formula is C17H14N4O. The van der Waals surface area contributed by atoms with Crippen molar-refractivity contribution >= 4 is 17.3 Å². The van der Waals surface area contributed by atoms with Gasteiger partial charge in [0.1, 0.15) is 0 Å². The second-order valence-electron chi connectivity index (χ2n) is 4.73. The van der Waals surface area contributed by atoms with Gasteiger partial charge in [-0.25, -0.2) is 0 Å². The summed E-state index contributed by atoms with van der Waals surface area (Å²) in [4.78, 5) is 20.1. The van der Waals surface area contributed by atoms with Crippen molar-refractivity contribution in [2.45, 2.75) is 0 Å². The number of hydrogen-bond acceptors (Lipinski definition) is 4. The van der Waals surface area contributed by atoms with Crippen LogP contribution >= 0.6 is 0 Å². The molecule has 3 rings (SSSR count). The van der Waals surface area contributed by atoms with Gasteiger partial charge >= 0.3 is 0 Å². The average molecular weight is 290 g/mol. The largest absolute Gasteiger partial charge is 0.397 e. The summed E-state index contributed by atoms with van der Waals surface area (Å²) in [7, 11) is 0. The lowest BCUT2D eigenvalue weighted by molar-refractivity contribution is 0.102. The summed E-state index contributed by atoms with van der Waals surface area (Å²) in [5, 5.41) is 2.82. The minimum absolute atomic E-state index is 0.244. The molecular weight excluding hydrogens is 276 g/mol. The number of nitrogens with one attached hydrogen (secondary N) is 1. The zero-order chi connectivity index (χ0) is 15.4. The van der Waals surface area contributed by atoms with Crippen molar-refractivity contribution in [3.8, 4) is 11.1 Å². The van der Waals surface area contributed by atoms with Gasteiger partial charge in [-0.1, -0.05) is 6.07 Å². The van der Waals surface area contributed by atoms with Crippen LogP contribution in [0.25, 0.3) is 11.1 Å². The molecule has 3 aromatic rings. The number of carbonyl (C=O) groups is 1. The summed E-state index contributed by atoms with van der Waals surface area (Å²) >= 11 is 0. The summed E-state index contributed by atoms with van der Waals surface area (Å²) in [6, 6.07) is 12.7. The SMILES string of the molecule is Nc1ccc(-c2ccncc2)cc1NC(=O)c1cccnc1. The van der Waals surface area contributed by atoms with Crippen molar-refractivity contribution in [3.63, 3.8) is 0 Å². The average Bonchev–Trinajstić information content (AvgIpc) is 2.58. The summed E-state index contributed by atoms with van der Waals surface area (Å²) < 4.78 is 0. The van der Waals surface area contributed by atoms with Crippen molar-refractivity contribution in [1.82, 2.24) is 9.97 Å². The standard InChI is InChI=1S/C17H14N4O/c18-15-4-3-13(12-5-8-19-9-6-12)10-16(15)21-17(22)14-2-1-7-20-11-14/h1-11H,18H2,(H,21,22). The topological polar surface area (TPSA) is 80.9 Å². The van der Waals surface area contributed by atoms with Crippen LogP contribution < -0.4 is 11.1 Å². The van der Waals surface area contributed by atoms with Crippen LogP contribution in [0.2, 0.25) is 0 Å². The minimum atomic E-state index is -0.244. The Bertz CT molecular complexity index is 788. The molecule has 0 aliphatic rings. The van der Waals surface area contributed by atoms with E-state index in [0.717, 1.165) is 11.1 Å². The van der Waals surface area contributed by atoms with Gasteiger partial charge in [0.05, 0.1) is 16.9 Å². The molecule has 0 radical (unpaired) electrons. The first-order valence-electron chi connectivity index (χ1n) is 6.75. The Morgan fingerprint density at radius 1 is 0.955 bits per heavy atom. The van der Waals surface area contributed by atoms with Gasteiger partial charge in [0.15, 0.2) is 0 Å². The van der Waals surface area contributed by atoms with Crippen molar-refractivity contribution in [2.24, 2.45) is 0 Å². The molecule has 1 amide bonds. The van der Waals surface area contributed by atoms with Crippen molar-refractivity contribution in [2.75, 3.05) is 11.1 Å². The molecule has 0 saturated heterocycles. The normalized spacial score (nSPS) is 10.2. The molecule has 22 heavy (non-hydrogen) atoms. The van der Waals surface area contributed by atoms with Crippen LogP contribution in [0.4, 0.5) is 11.4 Å². The number of pyridine rings is 2. The Morgan fingerprint density at radius 2 is 1.77 bits per heavy atom. The van der Waals surface area contributed by atoms with E-state index in [-0.39, 0.29) is 5.91 Å². The van der Waals surface area contributed by atoms with Crippen LogP contribution in [0.3, 0.4) is 0 Å². The fraction of sp³-hybridized carbons (Fsp3) is 0. The molecule has 0 spiro atoms. The number of amides is 1. The Balaban J connectivity index is 1.89. The Morgan fingerprint density at radius 3 is 2.50 bits per heavy atom. The lowest BCUT2D eigenvalue weighted by Gasteiger charge is -2.10. The highest BCUT2D eigenvalue weighted by Crippen LogP contribution is 2.27. The molecule has 1 aromatic carbocycles. The van der Waals surface area contributed by atoms with E-state index in [2.05, 4.69) is 15.3 Å². The van der Waals surface area contributed by atoms with Gasteiger partial charge in [-0.2, -0.15) is 0 Å². The van der Waals surface area contributed by atoms with Gasteiger partial charge in [-0.3, -0.25) is 14.8 Å². The van der Waals surface area contributed by atoms with E-state index in [0.29, 0.717) is 16.9 Å². The number of nitrogens with two attached hydrogens (primary N) is 1. The fourth-order valence-corrected chi connectivity index (χ4v) is 2.08. The first-order valence-corrected chi connectivity index (χ1v) is 6.75. The number of hydrogen-bond donors (Lipinski definition) is 2. The molecule has 2 heterocycles. The molecule has 0 fully saturated rings. The number of nitrogen functional groups attached to an aromatic ring is 1. The summed E-state index contributed by atoms with van der Waals surface area (Å²) in [5.41, 5.74) is 9.48. The molecule has 5 nitrogen and oxygen atoms in total. The molecule has 5 heteroatoms. The highest BCUT2D eigenvalue weighted by Gasteiger charge is 2.09. The van der Waals surface area contributed by atoms with Crippen LogP contribution in [-0.2, 0) is 0 Å². The highest BCUT2D eigenvalue weighted by molar-refractivity contribution is 6.05. The van der Waals surface area contributed by atoms with Crippen LogP contribution in [0.5, 0.6) is 0 Å². The molecule has 0 saturated carbocycles. The van der Waals surface area contributed by atoms with Gasteiger partial charge < -0.3 is 11.1 Å². The monoisotopic (exact) mass is 290 g/mol. The quantitative estimate of drug-likeness (QED) is 0.727. The Kier molecular flexibility index (Phi) is 3.78. The zero-order valence-corrected chi connectivity index (χ0v) is 11.7. The third-order valence-corrected chi connectivity index (χ3v) is 3.24. The first kappa shape index (κ1) is 13.8. The van der Waals surface area contributed by atoms with E-state index in [1.165, 1.54) is 6.20 Å². The van der Waals surface area contributed by atoms with E-state index in [1.807, 2.05) is 24.3 Å². The first-order chi connectivity index (χ1) is 10.7. The third-order valence-electron chi connectivity index (χ3n) is 3.24. The Hall–Kier alpha value is -3.21. The maximum atomic E-state index is 12.2. The van der Waals surface area contributed by atoms with Crippen LogP contribution in [0.15, 0.2) is 67.3 Å². The van der Waals surface area contributed by atoms with E-state index >= 15 is 0 Å². The van der Waals surface area contributed by atoms with Gasteiger partial charge in [-0.05, 0) is 47.5 Å². The van der Waals surface area contributed by atoms with Crippen LogP contribution in [0, 0.1) is 0 Å². The lowest BCUT2D eigenvalue weighted by atomic mass is 10.1. The molecule has 108 valence electrons. The number of benzene rings is 1. The van der Waals surface area contributed by atoms with Gasteiger partial charge in [0, 0.05) is 24.8 Å². The number of rotatable bonds is 3. The number of carbonyl (C=O) groups excluding carboxylic acids is 1. The van der Waals surface area contributed by atoms with Gasteiger partial charge in [0.25, 0.3) is 5.91 Å². The smallest absolute Gasteiger partial charge is 0.257 e. The summed E-state index contributed by atoms with van der Waals surface area (Å²) in [6.07, 6.45) is 6.58. The van der Waals surface area contributed by atoms with Crippen molar-refractivity contribution in [3.05, 3.63) is 72.8 Å². The number of anilines is 2. The third kappa shape index (κ3) is 2.93. The predicted octanol–water partition coefficient (Wildman–Crippen LogP) is 2.98. The number of nitrogens with zero attached hydrogens (tertiary/aromatic N) is 2. The molecule has 2 aromatic heterocycles. The minimum Gasteiger partial charge on any atom is -0.397 e. The molecule has 3 N–H and O–H groups in total. The molecule has 0 aliphatic carbocycles. The van der Waals surface area contributed by atoms with Crippen molar-refractivity contribution in [1.29, 1.82) is 0 Å². The fourth-order valence-electron chi connectivity index (χ4n) is 2.08. The van der Waals surface area contributed by atoms with Gasteiger partial charge in [0.2, 0.25) is 0 Å².